The number of rotatable bonds is 9. The van der Waals surface area contributed by atoms with E-state index in [-0.39, 0.29) is 5.41 Å². The summed E-state index contributed by atoms with van der Waals surface area (Å²) in [6, 6.07) is 12.0. The Morgan fingerprint density at radius 2 is 1.69 bits per heavy atom. The van der Waals surface area contributed by atoms with Crippen molar-refractivity contribution in [2.45, 2.75) is 109 Å². The van der Waals surface area contributed by atoms with Gasteiger partial charge in [0.15, 0.2) is 0 Å². The zero-order valence-electron chi connectivity index (χ0n) is 18.4. The van der Waals surface area contributed by atoms with E-state index in [4.69, 9.17) is 0 Å². The van der Waals surface area contributed by atoms with Crippen LogP contribution in [0, 0.1) is 22.7 Å². The molecule has 2 saturated carbocycles. The monoisotopic (exact) mass is 393 g/mol. The van der Waals surface area contributed by atoms with Gasteiger partial charge in [-0.25, -0.2) is 0 Å². The van der Waals surface area contributed by atoms with Crippen molar-refractivity contribution in [1.29, 1.82) is 5.26 Å². The fourth-order valence-corrected chi connectivity index (χ4v) is 5.64. The van der Waals surface area contributed by atoms with Crippen molar-refractivity contribution in [3.8, 4) is 6.07 Å². The molecule has 29 heavy (non-hydrogen) atoms. The SMILES string of the molecule is CCCCCCCCc1ccc(C2CCC(C#N)(C3CCCC(=O)C3)CC2)cc1. The van der Waals surface area contributed by atoms with Crippen molar-refractivity contribution in [2.75, 3.05) is 0 Å². The van der Waals surface area contributed by atoms with E-state index >= 15 is 0 Å². The first kappa shape index (κ1) is 22.1. The van der Waals surface area contributed by atoms with E-state index in [1.807, 2.05) is 0 Å². The van der Waals surface area contributed by atoms with Gasteiger partial charge in [0, 0.05) is 12.8 Å². The van der Waals surface area contributed by atoms with E-state index in [2.05, 4.69) is 37.3 Å². The summed E-state index contributed by atoms with van der Waals surface area (Å²) in [5.74, 6) is 1.26. The van der Waals surface area contributed by atoms with Crippen LogP contribution in [0.4, 0.5) is 0 Å². The highest BCUT2D eigenvalue weighted by Crippen LogP contribution is 2.50. The average molecular weight is 394 g/mol. The molecule has 158 valence electrons. The lowest BCUT2D eigenvalue weighted by Gasteiger charge is -2.42. The number of hydrogen-bond donors (Lipinski definition) is 0. The third kappa shape index (κ3) is 5.94. The molecule has 3 rings (SSSR count). The molecule has 2 aliphatic carbocycles. The second-order valence-electron chi connectivity index (χ2n) is 9.63. The maximum Gasteiger partial charge on any atom is 0.133 e. The van der Waals surface area contributed by atoms with Crippen molar-refractivity contribution in [1.82, 2.24) is 0 Å². The van der Waals surface area contributed by atoms with Gasteiger partial charge in [-0.05, 0) is 74.3 Å². The highest BCUT2D eigenvalue weighted by molar-refractivity contribution is 5.79. The Morgan fingerprint density at radius 3 is 2.34 bits per heavy atom. The van der Waals surface area contributed by atoms with Crippen LogP contribution in [-0.2, 0) is 11.2 Å². The number of benzene rings is 1. The molecular formula is C27H39NO. The Kier molecular flexibility index (Phi) is 8.34. The number of unbranched alkanes of at least 4 members (excludes halogenated alkanes) is 5. The minimum Gasteiger partial charge on any atom is -0.300 e. The maximum atomic E-state index is 11.9. The lowest BCUT2D eigenvalue weighted by molar-refractivity contribution is -0.123. The van der Waals surface area contributed by atoms with E-state index in [0.717, 1.165) is 44.9 Å². The summed E-state index contributed by atoms with van der Waals surface area (Å²) < 4.78 is 0. The standard InChI is InChI=1S/C27H39NO/c1-2-3-4-5-6-7-9-22-12-14-23(15-13-22)24-16-18-27(21-28,19-17-24)25-10-8-11-26(29)20-25/h12-15,24-25H,2-11,16-20H2,1H3. The van der Waals surface area contributed by atoms with Crippen molar-refractivity contribution >= 4 is 5.78 Å². The predicted octanol–water partition coefficient (Wildman–Crippen LogP) is 7.52. The van der Waals surface area contributed by atoms with Gasteiger partial charge >= 0.3 is 0 Å². The van der Waals surface area contributed by atoms with Crippen molar-refractivity contribution in [3.63, 3.8) is 0 Å². The molecule has 0 bridgehead atoms. The van der Waals surface area contributed by atoms with Gasteiger partial charge in [0.1, 0.15) is 5.78 Å². The van der Waals surface area contributed by atoms with Crippen LogP contribution in [-0.4, -0.2) is 5.78 Å². The largest absolute Gasteiger partial charge is 0.300 e. The van der Waals surface area contributed by atoms with Crippen LogP contribution in [0.25, 0.3) is 0 Å². The van der Waals surface area contributed by atoms with Gasteiger partial charge in [0.2, 0.25) is 0 Å². The van der Waals surface area contributed by atoms with Gasteiger partial charge in [0.05, 0.1) is 11.5 Å². The number of carbonyl (C=O) groups is 1. The maximum absolute atomic E-state index is 11.9. The number of hydrogen-bond acceptors (Lipinski definition) is 2. The molecule has 0 aromatic heterocycles. The van der Waals surface area contributed by atoms with E-state index in [1.54, 1.807) is 0 Å². The number of Topliss-reactive ketones (excluding diaryl/α,β-unsaturated/α-hetero) is 1. The minimum atomic E-state index is -0.246. The van der Waals surface area contributed by atoms with Gasteiger partial charge in [-0.2, -0.15) is 5.26 Å². The number of nitriles is 1. The highest BCUT2D eigenvalue weighted by Gasteiger charge is 2.43. The van der Waals surface area contributed by atoms with Crippen LogP contribution >= 0.6 is 0 Å². The molecule has 2 fully saturated rings. The Labute approximate surface area is 178 Å². The van der Waals surface area contributed by atoms with Crippen LogP contribution in [0.2, 0.25) is 0 Å². The van der Waals surface area contributed by atoms with Crippen LogP contribution in [0.3, 0.4) is 0 Å². The molecular weight excluding hydrogens is 354 g/mol. The number of nitrogens with zero attached hydrogens (tertiary/aromatic N) is 1. The van der Waals surface area contributed by atoms with Gasteiger partial charge < -0.3 is 0 Å². The Bertz CT molecular complexity index is 675. The highest BCUT2D eigenvalue weighted by atomic mass is 16.1. The Hall–Kier alpha value is -1.62. The van der Waals surface area contributed by atoms with E-state index in [9.17, 15) is 10.1 Å². The Balaban J connectivity index is 1.47. The van der Waals surface area contributed by atoms with Crippen LogP contribution in [0.5, 0.6) is 0 Å². The predicted molar refractivity (Wildman–Crippen MR) is 120 cm³/mol. The molecule has 0 saturated heterocycles. The summed E-state index contributed by atoms with van der Waals surface area (Å²) in [5, 5.41) is 9.96. The molecule has 0 spiro atoms. The topological polar surface area (TPSA) is 40.9 Å². The number of ketones is 1. The fraction of sp³-hybridized carbons (Fsp3) is 0.704. The molecule has 2 aliphatic rings. The van der Waals surface area contributed by atoms with Gasteiger partial charge in [-0.1, -0.05) is 63.3 Å². The molecule has 1 atom stereocenters. The van der Waals surface area contributed by atoms with Gasteiger partial charge in [-0.15, -0.1) is 0 Å². The first-order valence-electron chi connectivity index (χ1n) is 12.2. The third-order valence-corrected chi connectivity index (χ3v) is 7.63. The summed E-state index contributed by atoms with van der Waals surface area (Å²) in [6.07, 6.45) is 16.8. The quantitative estimate of drug-likeness (QED) is 0.407. The molecule has 1 aromatic carbocycles. The second kappa shape index (κ2) is 11.0. The van der Waals surface area contributed by atoms with Crippen molar-refractivity contribution < 1.29 is 4.79 Å². The lowest BCUT2D eigenvalue weighted by atomic mass is 9.60. The smallest absolute Gasteiger partial charge is 0.133 e. The second-order valence-corrected chi connectivity index (χ2v) is 9.63. The summed E-state index contributed by atoms with van der Waals surface area (Å²) in [6.45, 7) is 2.27. The van der Waals surface area contributed by atoms with Crippen LogP contribution < -0.4 is 0 Å². The summed E-state index contributed by atoms with van der Waals surface area (Å²) in [4.78, 5) is 11.9. The normalized spacial score (nSPS) is 27.5. The van der Waals surface area contributed by atoms with E-state index < -0.39 is 0 Å². The van der Waals surface area contributed by atoms with E-state index in [0.29, 0.717) is 24.0 Å². The molecule has 0 amide bonds. The summed E-state index contributed by atoms with van der Waals surface area (Å²) in [7, 11) is 0. The average Bonchev–Trinajstić information content (AvgIpc) is 2.77. The molecule has 0 N–H and O–H groups in total. The molecule has 0 aliphatic heterocycles. The molecule has 0 radical (unpaired) electrons. The molecule has 1 unspecified atom stereocenters. The lowest BCUT2D eigenvalue weighted by Crippen LogP contribution is -2.36. The zero-order chi connectivity index (χ0) is 20.5. The van der Waals surface area contributed by atoms with Crippen LogP contribution in [0.15, 0.2) is 24.3 Å². The number of aryl methyl sites for hydroxylation is 1. The zero-order valence-corrected chi connectivity index (χ0v) is 18.4. The fourth-order valence-electron chi connectivity index (χ4n) is 5.64. The van der Waals surface area contributed by atoms with Crippen LogP contribution in [0.1, 0.15) is 114 Å². The third-order valence-electron chi connectivity index (χ3n) is 7.63. The molecule has 0 heterocycles. The first-order valence-corrected chi connectivity index (χ1v) is 12.2. The Morgan fingerprint density at radius 1 is 1.00 bits per heavy atom. The van der Waals surface area contributed by atoms with Crippen molar-refractivity contribution in [3.05, 3.63) is 35.4 Å². The van der Waals surface area contributed by atoms with Crippen molar-refractivity contribution in [2.24, 2.45) is 11.3 Å². The first-order chi connectivity index (χ1) is 14.2. The minimum absolute atomic E-state index is 0.246. The van der Waals surface area contributed by atoms with Gasteiger partial charge in [-0.3, -0.25) is 4.79 Å². The summed E-state index contributed by atoms with van der Waals surface area (Å²) in [5.41, 5.74) is 2.67. The molecule has 1 aromatic rings. The molecule has 2 heteroatoms. The van der Waals surface area contributed by atoms with E-state index in [1.165, 1.54) is 56.1 Å². The molecule has 2 nitrogen and oxygen atoms in total. The number of carbonyl (C=O) groups excluding carboxylic acids is 1. The van der Waals surface area contributed by atoms with Gasteiger partial charge in [0.25, 0.3) is 0 Å². The summed E-state index contributed by atoms with van der Waals surface area (Å²) >= 11 is 0.